The van der Waals surface area contributed by atoms with Crippen LogP contribution in [0, 0.1) is 5.92 Å². The summed E-state index contributed by atoms with van der Waals surface area (Å²) in [5.41, 5.74) is -0.482. The molecule has 3 amide bonds. The number of carbonyl (C=O) groups is 2. The Morgan fingerprint density at radius 3 is 2.00 bits per heavy atom. The molecule has 1 heterocycles. The minimum Gasteiger partial charge on any atom is -0.444 e. The fraction of sp³-hybridized carbons (Fsp3) is 0.882. The van der Waals surface area contributed by atoms with Gasteiger partial charge in [-0.3, -0.25) is 0 Å². The first kappa shape index (κ1) is 17.9. The van der Waals surface area contributed by atoms with Crippen molar-refractivity contribution in [1.29, 1.82) is 0 Å². The van der Waals surface area contributed by atoms with Crippen molar-refractivity contribution >= 4 is 12.1 Å². The molecule has 0 radical (unpaired) electrons. The van der Waals surface area contributed by atoms with Gasteiger partial charge in [-0.15, -0.1) is 0 Å². The minimum absolute atomic E-state index is 0.00777. The van der Waals surface area contributed by atoms with E-state index in [2.05, 4.69) is 12.2 Å². The average molecular weight is 325 g/mol. The first-order chi connectivity index (χ1) is 10.7. The summed E-state index contributed by atoms with van der Waals surface area (Å²) in [6.07, 6.45) is 4.24. The Balaban J connectivity index is 1.73. The Kier molecular flexibility index (Phi) is 5.76. The first-order valence-corrected chi connectivity index (χ1v) is 8.78. The summed E-state index contributed by atoms with van der Waals surface area (Å²) in [5, 5.41) is 3.14. The number of ether oxygens (including phenoxy) is 1. The second-order valence-corrected chi connectivity index (χ2v) is 7.86. The van der Waals surface area contributed by atoms with Crippen molar-refractivity contribution < 1.29 is 14.3 Å². The highest BCUT2D eigenvalue weighted by atomic mass is 16.6. The molecular weight excluding hydrogens is 294 g/mol. The maximum absolute atomic E-state index is 12.3. The van der Waals surface area contributed by atoms with Crippen molar-refractivity contribution in [3.8, 4) is 0 Å². The molecule has 2 aliphatic rings. The quantitative estimate of drug-likeness (QED) is 0.806. The number of rotatable bonds is 1. The zero-order valence-electron chi connectivity index (χ0n) is 14.9. The van der Waals surface area contributed by atoms with Crippen LogP contribution in [0.4, 0.5) is 9.59 Å². The number of piperazine rings is 1. The molecule has 1 N–H and O–H groups in total. The zero-order chi connectivity index (χ0) is 17.0. The van der Waals surface area contributed by atoms with Crippen LogP contribution in [0.15, 0.2) is 0 Å². The molecule has 1 aliphatic heterocycles. The first-order valence-electron chi connectivity index (χ1n) is 8.78. The monoisotopic (exact) mass is 325 g/mol. The maximum atomic E-state index is 12.3. The predicted octanol–water partition coefficient (Wildman–Crippen LogP) is 2.83. The van der Waals surface area contributed by atoms with Crippen molar-refractivity contribution in [2.45, 2.75) is 65.0 Å². The zero-order valence-corrected chi connectivity index (χ0v) is 14.9. The molecule has 0 aromatic rings. The Morgan fingerprint density at radius 2 is 1.48 bits per heavy atom. The van der Waals surface area contributed by atoms with Crippen LogP contribution in [0.1, 0.15) is 53.4 Å². The molecule has 0 spiro atoms. The standard InChI is InChI=1S/C17H31N3O3/c1-13-5-7-14(8-6-13)18-15(21)19-9-11-20(12-10-19)16(22)23-17(2,3)4/h13-14H,5-12H2,1-4H3,(H,18,21)/t13-,14-. The van der Waals surface area contributed by atoms with Crippen molar-refractivity contribution in [2.24, 2.45) is 5.92 Å². The van der Waals surface area contributed by atoms with Crippen LogP contribution < -0.4 is 5.32 Å². The molecular formula is C17H31N3O3. The SMILES string of the molecule is CC(C)(C)OC(=O)N1CCN(C(=O)N[C@H]2CC[C@H](C)CC2)CC1. The number of hydrogen-bond acceptors (Lipinski definition) is 3. The van der Waals surface area contributed by atoms with Crippen molar-refractivity contribution in [3.05, 3.63) is 0 Å². The lowest BCUT2D eigenvalue weighted by Crippen LogP contribution is -2.55. The normalized spacial score (nSPS) is 25.9. The molecule has 1 aliphatic carbocycles. The lowest BCUT2D eigenvalue weighted by Gasteiger charge is -2.36. The van der Waals surface area contributed by atoms with E-state index in [0.717, 1.165) is 18.8 Å². The highest BCUT2D eigenvalue weighted by molar-refractivity contribution is 5.75. The van der Waals surface area contributed by atoms with E-state index in [9.17, 15) is 9.59 Å². The van der Waals surface area contributed by atoms with Gasteiger partial charge in [0.1, 0.15) is 5.60 Å². The van der Waals surface area contributed by atoms with E-state index in [0.29, 0.717) is 32.2 Å². The van der Waals surface area contributed by atoms with Gasteiger partial charge in [0.15, 0.2) is 0 Å². The highest BCUT2D eigenvalue weighted by Crippen LogP contribution is 2.23. The van der Waals surface area contributed by atoms with E-state index in [-0.39, 0.29) is 12.1 Å². The van der Waals surface area contributed by atoms with E-state index in [1.54, 1.807) is 9.80 Å². The van der Waals surface area contributed by atoms with Crippen LogP contribution in [-0.2, 0) is 4.74 Å². The summed E-state index contributed by atoms with van der Waals surface area (Å²) >= 11 is 0. The summed E-state index contributed by atoms with van der Waals surface area (Å²) in [6, 6.07) is 0.316. The molecule has 132 valence electrons. The van der Waals surface area contributed by atoms with Gasteiger partial charge in [-0.05, 0) is 52.4 Å². The van der Waals surface area contributed by atoms with Gasteiger partial charge in [-0.1, -0.05) is 6.92 Å². The van der Waals surface area contributed by atoms with Crippen LogP contribution in [0.3, 0.4) is 0 Å². The third-order valence-electron chi connectivity index (χ3n) is 4.56. The smallest absolute Gasteiger partial charge is 0.410 e. The van der Waals surface area contributed by atoms with Crippen molar-refractivity contribution in [3.63, 3.8) is 0 Å². The lowest BCUT2D eigenvalue weighted by molar-refractivity contribution is 0.0168. The minimum atomic E-state index is -0.482. The van der Waals surface area contributed by atoms with Gasteiger partial charge in [0.05, 0.1) is 0 Å². The molecule has 0 atom stereocenters. The number of urea groups is 1. The van der Waals surface area contributed by atoms with E-state index < -0.39 is 5.60 Å². The van der Waals surface area contributed by atoms with Gasteiger partial charge in [-0.25, -0.2) is 9.59 Å². The summed E-state index contributed by atoms with van der Waals surface area (Å²) in [4.78, 5) is 27.8. The van der Waals surface area contributed by atoms with Gasteiger partial charge >= 0.3 is 12.1 Å². The summed E-state index contributed by atoms with van der Waals surface area (Å²) in [5.74, 6) is 0.778. The van der Waals surface area contributed by atoms with Gasteiger partial charge < -0.3 is 19.9 Å². The number of carbonyl (C=O) groups excluding carboxylic acids is 2. The molecule has 6 nitrogen and oxygen atoms in total. The molecule has 23 heavy (non-hydrogen) atoms. The highest BCUT2D eigenvalue weighted by Gasteiger charge is 2.29. The molecule has 0 unspecified atom stereocenters. The fourth-order valence-corrected chi connectivity index (χ4v) is 3.09. The maximum Gasteiger partial charge on any atom is 0.410 e. The van der Waals surface area contributed by atoms with E-state index in [1.807, 2.05) is 20.8 Å². The summed E-state index contributed by atoms with van der Waals surface area (Å²) in [7, 11) is 0. The fourth-order valence-electron chi connectivity index (χ4n) is 3.09. The molecule has 1 saturated carbocycles. The van der Waals surface area contributed by atoms with Gasteiger partial charge in [0.25, 0.3) is 0 Å². The number of nitrogens with zero attached hydrogens (tertiary/aromatic N) is 2. The predicted molar refractivity (Wildman–Crippen MR) is 89.3 cm³/mol. The Labute approximate surface area is 139 Å². The topological polar surface area (TPSA) is 61.9 Å². The number of hydrogen-bond donors (Lipinski definition) is 1. The van der Waals surface area contributed by atoms with Crippen LogP contribution in [-0.4, -0.2) is 59.7 Å². The number of nitrogens with one attached hydrogen (secondary N) is 1. The Bertz CT molecular complexity index is 417. The lowest BCUT2D eigenvalue weighted by atomic mass is 9.87. The van der Waals surface area contributed by atoms with Crippen molar-refractivity contribution in [1.82, 2.24) is 15.1 Å². The summed E-state index contributed by atoms with van der Waals surface area (Å²) < 4.78 is 5.37. The van der Waals surface area contributed by atoms with Crippen LogP contribution >= 0.6 is 0 Å². The molecule has 0 aromatic carbocycles. The van der Waals surface area contributed by atoms with Crippen LogP contribution in [0.2, 0.25) is 0 Å². The second kappa shape index (κ2) is 7.41. The van der Waals surface area contributed by atoms with E-state index >= 15 is 0 Å². The second-order valence-electron chi connectivity index (χ2n) is 7.86. The Morgan fingerprint density at radius 1 is 0.957 bits per heavy atom. The molecule has 0 bridgehead atoms. The number of amides is 3. The van der Waals surface area contributed by atoms with E-state index in [1.165, 1.54) is 12.8 Å². The van der Waals surface area contributed by atoms with E-state index in [4.69, 9.17) is 4.74 Å². The molecule has 1 saturated heterocycles. The average Bonchev–Trinajstić information content (AvgIpc) is 2.48. The van der Waals surface area contributed by atoms with Crippen molar-refractivity contribution in [2.75, 3.05) is 26.2 Å². The van der Waals surface area contributed by atoms with Gasteiger partial charge in [0.2, 0.25) is 0 Å². The summed E-state index contributed by atoms with van der Waals surface area (Å²) in [6.45, 7) is 10.0. The Hall–Kier alpha value is -1.46. The molecule has 2 rings (SSSR count). The molecule has 2 fully saturated rings. The third kappa shape index (κ3) is 5.59. The third-order valence-corrected chi connectivity index (χ3v) is 4.56. The molecule has 6 heteroatoms. The largest absolute Gasteiger partial charge is 0.444 e. The van der Waals surface area contributed by atoms with Gasteiger partial charge in [0, 0.05) is 32.2 Å². The van der Waals surface area contributed by atoms with Crippen LogP contribution in [0.5, 0.6) is 0 Å². The molecule has 0 aromatic heterocycles. The van der Waals surface area contributed by atoms with Gasteiger partial charge in [-0.2, -0.15) is 0 Å². The van der Waals surface area contributed by atoms with Crippen LogP contribution in [0.25, 0.3) is 0 Å².